The third-order valence-electron chi connectivity index (χ3n) is 4.05. The van der Waals surface area contributed by atoms with Crippen LogP contribution in [0.1, 0.15) is 39.0 Å². The summed E-state index contributed by atoms with van der Waals surface area (Å²) in [5.41, 5.74) is 0. The zero-order chi connectivity index (χ0) is 13.8. The van der Waals surface area contributed by atoms with Crippen LogP contribution in [0.15, 0.2) is 12.2 Å². The Balaban J connectivity index is 2.05. The second-order valence-electron chi connectivity index (χ2n) is 5.72. The van der Waals surface area contributed by atoms with Gasteiger partial charge in [-0.25, -0.2) is 0 Å². The molecule has 0 bridgehead atoms. The van der Waals surface area contributed by atoms with Crippen LogP contribution in [0.25, 0.3) is 0 Å². The van der Waals surface area contributed by atoms with Crippen LogP contribution >= 0.6 is 0 Å². The van der Waals surface area contributed by atoms with Gasteiger partial charge in [0.15, 0.2) is 0 Å². The van der Waals surface area contributed by atoms with Gasteiger partial charge < -0.3 is 10.0 Å². The first-order valence-electron chi connectivity index (χ1n) is 7.30. The van der Waals surface area contributed by atoms with Crippen molar-refractivity contribution in [2.45, 2.75) is 39.0 Å². The first-order valence-corrected chi connectivity index (χ1v) is 7.30. The Morgan fingerprint density at radius 1 is 1.21 bits per heavy atom. The smallest absolute Gasteiger partial charge is 0.307 e. The van der Waals surface area contributed by atoms with E-state index in [0.717, 1.165) is 19.5 Å². The minimum Gasteiger partial charge on any atom is -0.481 e. The van der Waals surface area contributed by atoms with Crippen LogP contribution in [0.5, 0.6) is 0 Å². The van der Waals surface area contributed by atoms with Crippen LogP contribution in [0.3, 0.4) is 0 Å². The van der Waals surface area contributed by atoms with Crippen LogP contribution in [0, 0.1) is 17.8 Å². The lowest BCUT2D eigenvalue weighted by Gasteiger charge is -2.31. The van der Waals surface area contributed by atoms with E-state index in [1.807, 2.05) is 17.1 Å². The lowest BCUT2D eigenvalue weighted by Crippen LogP contribution is -2.43. The van der Waals surface area contributed by atoms with Gasteiger partial charge in [-0.3, -0.25) is 9.59 Å². The molecule has 2 aliphatic carbocycles. The monoisotopic (exact) mass is 265 g/mol. The van der Waals surface area contributed by atoms with Crippen molar-refractivity contribution >= 4 is 11.9 Å². The maximum Gasteiger partial charge on any atom is 0.307 e. The minimum atomic E-state index is -0.842. The molecule has 0 aliphatic heterocycles. The Morgan fingerprint density at radius 2 is 1.84 bits per heavy atom. The topological polar surface area (TPSA) is 57.6 Å². The molecule has 1 amide bonds. The molecule has 2 unspecified atom stereocenters. The zero-order valence-electron chi connectivity index (χ0n) is 11.5. The van der Waals surface area contributed by atoms with Gasteiger partial charge >= 0.3 is 5.97 Å². The van der Waals surface area contributed by atoms with E-state index in [1.54, 1.807) is 0 Å². The summed E-state index contributed by atoms with van der Waals surface area (Å²) in [7, 11) is 0. The molecule has 2 atom stereocenters. The predicted octanol–water partition coefficient (Wildman–Crippen LogP) is 2.30. The predicted molar refractivity (Wildman–Crippen MR) is 72.6 cm³/mol. The van der Waals surface area contributed by atoms with Crippen LogP contribution in [0.4, 0.5) is 0 Å². The number of carboxylic acids is 1. The Hall–Kier alpha value is -1.32. The summed E-state index contributed by atoms with van der Waals surface area (Å²) in [5, 5.41) is 9.26. The molecule has 1 saturated carbocycles. The summed E-state index contributed by atoms with van der Waals surface area (Å²) in [5.74, 6) is -1.06. The van der Waals surface area contributed by atoms with E-state index in [4.69, 9.17) is 0 Å². The molecule has 1 N–H and O–H groups in total. The van der Waals surface area contributed by atoms with Gasteiger partial charge in [0.25, 0.3) is 0 Å². The molecule has 0 aromatic heterocycles. The van der Waals surface area contributed by atoms with E-state index in [-0.39, 0.29) is 11.8 Å². The summed E-state index contributed by atoms with van der Waals surface area (Å²) < 4.78 is 0. The Kier molecular flexibility index (Phi) is 4.61. The summed E-state index contributed by atoms with van der Waals surface area (Å²) in [6.07, 6.45) is 8.23. The standard InChI is InChI=1S/C15H23NO3/c1-2-9-16(10-11-7-8-11)14(17)12-5-3-4-6-13(12)15(18)19/h3-4,11-13H,2,5-10H2,1H3,(H,18,19). The second kappa shape index (κ2) is 6.22. The number of rotatable bonds is 6. The molecule has 0 radical (unpaired) electrons. The van der Waals surface area contributed by atoms with Crippen LogP contribution in [-0.4, -0.2) is 35.0 Å². The molecule has 2 rings (SSSR count). The largest absolute Gasteiger partial charge is 0.481 e. The van der Waals surface area contributed by atoms with E-state index in [1.165, 1.54) is 12.8 Å². The highest BCUT2D eigenvalue weighted by molar-refractivity contribution is 5.85. The average molecular weight is 265 g/mol. The molecule has 19 heavy (non-hydrogen) atoms. The van der Waals surface area contributed by atoms with Gasteiger partial charge in [-0.05, 0) is 38.0 Å². The molecule has 0 spiro atoms. The Morgan fingerprint density at radius 3 is 2.37 bits per heavy atom. The van der Waals surface area contributed by atoms with E-state index in [0.29, 0.717) is 18.8 Å². The first-order chi connectivity index (χ1) is 9.13. The van der Waals surface area contributed by atoms with Crippen molar-refractivity contribution < 1.29 is 14.7 Å². The highest BCUT2D eigenvalue weighted by Gasteiger charge is 2.37. The van der Waals surface area contributed by atoms with Crippen molar-refractivity contribution in [3.05, 3.63) is 12.2 Å². The maximum absolute atomic E-state index is 12.6. The lowest BCUT2D eigenvalue weighted by atomic mass is 9.82. The van der Waals surface area contributed by atoms with Crippen LogP contribution in [0.2, 0.25) is 0 Å². The van der Waals surface area contributed by atoms with Gasteiger partial charge in [0.05, 0.1) is 11.8 Å². The molecule has 4 heteroatoms. The highest BCUT2D eigenvalue weighted by Crippen LogP contribution is 2.32. The minimum absolute atomic E-state index is 0.0468. The number of nitrogens with zero attached hydrogens (tertiary/aromatic N) is 1. The quantitative estimate of drug-likeness (QED) is 0.750. The second-order valence-corrected chi connectivity index (χ2v) is 5.72. The number of allylic oxidation sites excluding steroid dienone is 2. The van der Waals surface area contributed by atoms with Crippen molar-refractivity contribution in [3.8, 4) is 0 Å². The normalized spacial score (nSPS) is 26.2. The number of hydrogen-bond donors (Lipinski definition) is 1. The number of aliphatic carboxylic acids is 1. The molecular weight excluding hydrogens is 242 g/mol. The van der Waals surface area contributed by atoms with E-state index in [9.17, 15) is 14.7 Å². The van der Waals surface area contributed by atoms with Crippen LogP contribution in [-0.2, 0) is 9.59 Å². The van der Waals surface area contributed by atoms with E-state index < -0.39 is 11.9 Å². The van der Waals surface area contributed by atoms with Crippen LogP contribution < -0.4 is 0 Å². The van der Waals surface area contributed by atoms with E-state index in [2.05, 4.69) is 6.92 Å². The van der Waals surface area contributed by atoms with Crippen molar-refractivity contribution in [2.75, 3.05) is 13.1 Å². The van der Waals surface area contributed by atoms with Gasteiger partial charge in [0.2, 0.25) is 5.91 Å². The molecule has 0 aromatic carbocycles. The number of carbonyl (C=O) groups excluding carboxylic acids is 1. The van der Waals surface area contributed by atoms with Gasteiger partial charge in [-0.2, -0.15) is 0 Å². The number of carbonyl (C=O) groups is 2. The summed E-state index contributed by atoms with van der Waals surface area (Å²) >= 11 is 0. The number of hydrogen-bond acceptors (Lipinski definition) is 2. The van der Waals surface area contributed by atoms with Gasteiger partial charge in [-0.1, -0.05) is 19.1 Å². The lowest BCUT2D eigenvalue weighted by molar-refractivity contribution is -0.150. The molecular formula is C15H23NO3. The first kappa shape index (κ1) is 14.1. The SMILES string of the molecule is CCCN(CC1CC1)C(=O)C1CC=CCC1C(=O)O. The fourth-order valence-corrected chi connectivity index (χ4v) is 2.77. The molecule has 0 aromatic rings. The van der Waals surface area contributed by atoms with Crippen molar-refractivity contribution in [1.29, 1.82) is 0 Å². The fourth-order valence-electron chi connectivity index (χ4n) is 2.77. The summed E-state index contributed by atoms with van der Waals surface area (Å²) in [4.78, 5) is 25.8. The summed E-state index contributed by atoms with van der Waals surface area (Å²) in [6.45, 7) is 3.63. The maximum atomic E-state index is 12.6. The van der Waals surface area contributed by atoms with Crippen molar-refractivity contribution in [3.63, 3.8) is 0 Å². The third kappa shape index (κ3) is 3.58. The van der Waals surface area contributed by atoms with Gasteiger partial charge in [0.1, 0.15) is 0 Å². The molecule has 0 heterocycles. The Bertz CT molecular complexity index is 374. The van der Waals surface area contributed by atoms with E-state index >= 15 is 0 Å². The van der Waals surface area contributed by atoms with Crippen molar-refractivity contribution in [2.24, 2.45) is 17.8 Å². The van der Waals surface area contributed by atoms with Gasteiger partial charge in [0, 0.05) is 13.1 Å². The summed E-state index contributed by atoms with van der Waals surface area (Å²) in [6, 6.07) is 0. The third-order valence-corrected chi connectivity index (χ3v) is 4.05. The fraction of sp³-hybridized carbons (Fsp3) is 0.733. The number of amides is 1. The Labute approximate surface area is 114 Å². The van der Waals surface area contributed by atoms with Gasteiger partial charge in [-0.15, -0.1) is 0 Å². The average Bonchev–Trinajstić information content (AvgIpc) is 3.21. The highest BCUT2D eigenvalue weighted by atomic mass is 16.4. The van der Waals surface area contributed by atoms with Crippen molar-refractivity contribution in [1.82, 2.24) is 4.90 Å². The molecule has 106 valence electrons. The molecule has 2 aliphatic rings. The number of carboxylic acid groups (broad SMARTS) is 1. The molecule has 0 saturated heterocycles. The zero-order valence-corrected chi connectivity index (χ0v) is 11.5. The molecule has 1 fully saturated rings. The molecule has 4 nitrogen and oxygen atoms in total.